The number of nitrogens with zero attached hydrogens (tertiary/aromatic N) is 2. The summed E-state index contributed by atoms with van der Waals surface area (Å²) in [7, 11) is 1.60. The molecule has 1 aliphatic rings. The Balaban J connectivity index is 1.51. The van der Waals surface area contributed by atoms with Crippen LogP contribution in [0.1, 0.15) is 17.0 Å². The summed E-state index contributed by atoms with van der Waals surface area (Å²) in [4.78, 5) is 10.5. The second-order valence-corrected chi connectivity index (χ2v) is 8.99. The fraction of sp³-hybridized carbons (Fsp3) is 0.231. The van der Waals surface area contributed by atoms with Crippen LogP contribution in [0.2, 0.25) is 0 Å². The van der Waals surface area contributed by atoms with E-state index in [1.807, 2.05) is 19.1 Å². The molecule has 3 aromatic carbocycles. The zero-order chi connectivity index (χ0) is 22.1. The van der Waals surface area contributed by atoms with Gasteiger partial charge in [0.1, 0.15) is 11.6 Å². The van der Waals surface area contributed by atoms with Crippen LogP contribution >= 0.6 is 11.8 Å². The van der Waals surface area contributed by atoms with Crippen molar-refractivity contribution in [2.45, 2.75) is 23.2 Å². The van der Waals surface area contributed by atoms with Gasteiger partial charge in [-0.2, -0.15) is 0 Å². The van der Waals surface area contributed by atoms with Crippen molar-refractivity contribution in [3.63, 3.8) is 0 Å². The van der Waals surface area contributed by atoms with Gasteiger partial charge in [-0.1, -0.05) is 36.4 Å². The maximum Gasteiger partial charge on any atom is 0.182 e. The number of hydrogen-bond donors (Lipinski definition) is 0. The molecule has 1 aromatic heterocycles. The summed E-state index contributed by atoms with van der Waals surface area (Å²) in [5, 5.41) is 0.938. The molecule has 2 heterocycles. The van der Waals surface area contributed by atoms with Gasteiger partial charge in [0.15, 0.2) is 5.67 Å². The van der Waals surface area contributed by atoms with Crippen LogP contribution in [0.5, 0.6) is 5.75 Å². The van der Waals surface area contributed by atoms with Crippen LogP contribution in [-0.4, -0.2) is 30.3 Å². The first-order valence-corrected chi connectivity index (χ1v) is 11.4. The Labute approximate surface area is 190 Å². The van der Waals surface area contributed by atoms with E-state index in [-0.39, 0.29) is 13.2 Å². The standard InChI is InChI=1S/C26H23FN2O2S/c1-17-28-23-13-20(32-14-18-6-4-3-5-7-18)9-11-21(23)25(29-17)22-10-8-19(12-24(22)30-2)26(27)15-31-16-26/h3-13H,14-16H2,1-2H3. The predicted octanol–water partition coefficient (Wildman–Crippen LogP) is 6.10. The van der Waals surface area contributed by atoms with Crippen LogP contribution < -0.4 is 4.74 Å². The summed E-state index contributed by atoms with van der Waals surface area (Å²) in [6, 6.07) is 22.1. The Hall–Kier alpha value is -2.96. The van der Waals surface area contributed by atoms with E-state index >= 15 is 0 Å². The van der Waals surface area contributed by atoms with E-state index in [2.05, 4.69) is 47.4 Å². The molecule has 5 rings (SSSR count). The molecule has 1 aliphatic heterocycles. The number of hydrogen-bond acceptors (Lipinski definition) is 5. The van der Waals surface area contributed by atoms with Gasteiger partial charge < -0.3 is 9.47 Å². The number of rotatable bonds is 6. The Kier molecular flexibility index (Phi) is 5.57. The maximum atomic E-state index is 14.8. The summed E-state index contributed by atoms with van der Waals surface area (Å²) in [6.07, 6.45) is 0. The molecule has 4 nitrogen and oxygen atoms in total. The van der Waals surface area contributed by atoms with Gasteiger partial charge in [0.05, 0.1) is 31.5 Å². The summed E-state index contributed by atoms with van der Waals surface area (Å²) < 4.78 is 25.5. The molecule has 0 unspecified atom stereocenters. The van der Waals surface area contributed by atoms with Crippen molar-refractivity contribution in [2.75, 3.05) is 20.3 Å². The third-order valence-electron chi connectivity index (χ3n) is 5.66. The number of aromatic nitrogens is 2. The van der Waals surface area contributed by atoms with Gasteiger partial charge in [0, 0.05) is 21.6 Å². The Morgan fingerprint density at radius 1 is 1.03 bits per heavy atom. The number of alkyl halides is 1. The second-order valence-electron chi connectivity index (χ2n) is 7.95. The van der Waals surface area contributed by atoms with E-state index in [9.17, 15) is 4.39 Å². The van der Waals surface area contributed by atoms with Gasteiger partial charge in [-0.3, -0.25) is 0 Å². The molecule has 1 saturated heterocycles. The van der Waals surface area contributed by atoms with E-state index in [1.54, 1.807) is 31.0 Å². The Bertz CT molecular complexity index is 1280. The topological polar surface area (TPSA) is 44.2 Å². The molecule has 4 aromatic rings. The number of ether oxygens (including phenoxy) is 2. The van der Waals surface area contributed by atoms with Gasteiger partial charge in [-0.15, -0.1) is 11.8 Å². The number of methoxy groups -OCH3 is 1. The van der Waals surface area contributed by atoms with Crippen molar-refractivity contribution in [1.82, 2.24) is 9.97 Å². The lowest BCUT2D eigenvalue weighted by Gasteiger charge is -2.34. The summed E-state index contributed by atoms with van der Waals surface area (Å²) in [5.74, 6) is 2.17. The monoisotopic (exact) mass is 446 g/mol. The molecular weight excluding hydrogens is 423 g/mol. The zero-order valence-corrected chi connectivity index (χ0v) is 18.8. The number of halogens is 1. The molecule has 6 heteroatoms. The first-order valence-electron chi connectivity index (χ1n) is 10.5. The average Bonchev–Trinajstić information content (AvgIpc) is 2.80. The van der Waals surface area contributed by atoms with Crippen molar-refractivity contribution in [1.29, 1.82) is 0 Å². The molecular formula is C26H23FN2O2S. The van der Waals surface area contributed by atoms with E-state index in [0.29, 0.717) is 17.1 Å². The average molecular weight is 447 g/mol. The molecule has 1 fully saturated rings. The first kappa shape index (κ1) is 20.9. The molecule has 0 aliphatic carbocycles. The first-order chi connectivity index (χ1) is 15.6. The minimum atomic E-state index is -1.44. The van der Waals surface area contributed by atoms with Crippen molar-refractivity contribution in [3.8, 4) is 17.0 Å². The van der Waals surface area contributed by atoms with Gasteiger partial charge in [0.25, 0.3) is 0 Å². The van der Waals surface area contributed by atoms with Crippen LogP contribution in [-0.2, 0) is 16.2 Å². The van der Waals surface area contributed by atoms with Gasteiger partial charge in [-0.25, -0.2) is 14.4 Å². The molecule has 0 atom stereocenters. The number of fused-ring (bicyclic) bond motifs is 1. The quantitative estimate of drug-likeness (QED) is 0.335. The SMILES string of the molecule is COc1cc(C2(F)COC2)ccc1-c1nc(C)nc2cc(SCc3ccccc3)ccc12. The third-order valence-corrected chi connectivity index (χ3v) is 6.73. The number of aryl methyl sites for hydroxylation is 1. The maximum absolute atomic E-state index is 14.8. The molecule has 0 bridgehead atoms. The normalized spacial score (nSPS) is 14.8. The largest absolute Gasteiger partial charge is 0.496 e. The van der Waals surface area contributed by atoms with Gasteiger partial charge in [0.2, 0.25) is 0 Å². The Morgan fingerprint density at radius 3 is 2.56 bits per heavy atom. The van der Waals surface area contributed by atoms with E-state index in [4.69, 9.17) is 14.5 Å². The lowest BCUT2D eigenvalue weighted by molar-refractivity contribution is -0.135. The van der Waals surface area contributed by atoms with Crippen LogP contribution in [0.4, 0.5) is 4.39 Å². The Morgan fingerprint density at radius 2 is 1.84 bits per heavy atom. The fourth-order valence-corrected chi connectivity index (χ4v) is 4.76. The van der Waals surface area contributed by atoms with Crippen molar-refractivity contribution >= 4 is 22.7 Å². The smallest absolute Gasteiger partial charge is 0.182 e. The van der Waals surface area contributed by atoms with Gasteiger partial charge >= 0.3 is 0 Å². The highest BCUT2D eigenvalue weighted by atomic mass is 32.2. The highest BCUT2D eigenvalue weighted by Gasteiger charge is 2.41. The molecule has 0 N–H and O–H groups in total. The van der Waals surface area contributed by atoms with E-state index in [0.717, 1.165) is 32.8 Å². The number of benzene rings is 3. The minimum Gasteiger partial charge on any atom is -0.496 e. The van der Waals surface area contributed by atoms with Crippen molar-refractivity contribution in [3.05, 3.63) is 83.7 Å². The molecule has 0 amide bonds. The van der Waals surface area contributed by atoms with E-state index in [1.165, 1.54) is 5.56 Å². The predicted molar refractivity (Wildman–Crippen MR) is 126 cm³/mol. The third kappa shape index (κ3) is 3.96. The van der Waals surface area contributed by atoms with Crippen LogP contribution in [0.25, 0.3) is 22.2 Å². The lowest BCUT2D eigenvalue weighted by atomic mass is 9.92. The number of thioether (sulfide) groups is 1. The summed E-state index contributed by atoms with van der Waals surface area (Å²) in [5.41, 5.74) is 2.89. The molecule has 0 radical (unpaired) electrons. The minimum absolute atomic E-state index is 0.0778. The van der Waals surface area contributed by atoms with Gasteiger partial charge in [-0.05, 0) is 48.4 Å². The summed E-state index contributed by atoms with van der Waals surface area (Å²) >= 11 is 1.78. The summed E-state index contributed by atoms with van der Waals surface area (Å²) in [6.45, 7) is 2.04. The highest BCUT2D eigenvalue weighted by molar-refractivity contribution is 7.98. The van der Waals surface area contributed by atoms with Crippen molar-refractivity contribution in [2.24, 2.45) is 0 Å². The lowest BCUT2D eigenvalue weighted by Crippen LogP contribution is -2.42. The van der Waals surface area contributed by atoms with Crippen LogP contribution in [0.15, 0.2) is 71.6 Å². The fourth-order valence-electron chi connectivity index (χ4n) is 3.88. The molecule has 0 saturated carbocycles. The molecule has 0 spiro atoms. The van der Waals surface area contributed by atoms with Crippen molar-refractivity contribution < 1.29 is 13.9 Å². The molecule has 32 heavy (non-hydrogen) atoms. The van der Waals surface area contributed by atoms with E-state index < -0.39 is 5.67 Å². The highest BCUT2D eigenvalue weighted by Crippen LogP contribution is 2.40. The van der Waals surface area contributed by atoms with Crippen LogP contribution in [0.3, 0.4) is 0 Å². The zero-order valence-electron chi connectivity index (χ0n) is 18.0. The second kappa shape index (κ2) is 8.52. The van der Waals surface area contributed by atoms with Crippen LogP contribution in [0, 0.1) is 6.92 Å². The molecule has 162 valence electrons.